The maximum absolute atomic E-state index is 13.3. The number of anilines is 1. The summed E-state index contributed by atoms with van der Waals surface area (Å²) in [5, 5.41) is 8.95. The van der Waals surface area contributed by atoms with Gasteiger partial charge in [-0.3, -0.25) is 15.5 Å². The Balaban J connectivity index is 1.46. The van der Waals surface area contributed by atoms with E-state index in [0.29, 0.717) is 6.54 Å². The summed E-state index contributed by atoms with van der Waals surface area (Å²) in [5.41, 5.74) is 6.29. The van der Waals surface area contributed by atoms with Crippen molar-refractivity contribution in [2.75, 3.05) is 11.9 Å². The van der Waals surface area contributed by atoms with Crippen LogP contribution in [0.1, 0.15) is 33.1 Å². The Hall–Kier alpha value is -1.42. The van der Waals surface area contributed by atoms with Crippen molar-refractivity contribution in [2.24, 2.45) is 5.92 Å². The molecule has 3 amide bonds. The molecular weight excluding hydrogens is 402 g/mol. The molecule has 3 aliphatic rings. The Morgan fingerprint density at radius 3 is 2.52 bits per heavy atom. The molecule has 0 bridgehead atoms. The summed E-state index contributed by atoms with van der Waals surface area (Å²) in [6, 6.07) is 3.82. The number of amides is 3. The number of carbonyl (C=O) groups is 2. The van der Waals surface area contributed by atoms with Crippen molar-refractivity contribution in [3.8, 4) is 0 Å². The first-order valence-electron chi connectivity index (χ1n) is 10.5. The Kier molecular flexibility index (Phi) is 5.08. The molecule has 1 aromatic rings. The lowest BCUT2D eigenvalue weighted by molar-refractivity contribution is -0.127. The van der Waals surface area contributed by atoms with Gasteiger partial charge in [-0.05, 0) is 44.2 Å². The zero-order valence-corrected chi connectivity index (χ0v) is 19.8. The number of hydrazine groups is 1. The van der Waals surface area contributed by atoms with E-state index in [9.17, 15) is 9.59 Å². The van der Waals surface area contributed by atoms with Crippen LogP contribution >= 0.6 is 11.3 Å². The van der Waals surface area contributed by atoms with E-state index in [1.165, 1.54) is 11.3 Å². The van der Waals surface area contributed by atoms with E-state index in [1.54, 1.807) is 0 Å². The predicted molar refractivity (Wildman–Crippen MR) is 119 cm³/mol. The van der Waals surface area contributed by atoms with Crippen molar-refractivity contribution in [1.82, 2.24) is 21.1 Å². The molecule has 1 saturated carbocycles. The van der Waals surface area contributed by atoms with Crippen LogP contribution < -0.4 is 21.5 Å². The zero-order chi connectivity index (χ0) is 21.0. The van der Waals surface area contributed by atoms with E-state index < -0.39 is 8.07 Å². The molecule has 1 aliphatic carbocycles. The van der Waals surface area contributed by atoms with Crippen LogP contribution in [-0.4, -0.2) is 49.2 Å². The van der Waals surface area contributed by atoms with Crippen molar-refractivity contribution in [2.45, 2.75) is 75.5 Å². The van der Waals surface area contributed by atoms with E-state index in [2.05, 4.69) is 55.0 Å². The molecule has 160 valence electrons. The van der Waals surface area contributed by atoms with Gasteiger partial charge in [-0.15, -0.1) is 11.3 Å². The highest BCUT2D eigenvalue weighted by molar-refractivity contribution is 7.14. The standard InChI is InChI=1S/C20H33N5O2SSi/c1-19(2)15-13(12-25(19)18(27)21-14-8-6-11-28-14)16(24-23-15)22-17(26)20(9-7-10-20)29(3,4)5/h6,8,11,13,15-16,23-24H,7,9-10,12H2,1-5H3,(H,21,27)(H,22,26). The summed E-state index contributed by atoms with van der Waals surface area (Å²) in [6.45, 7) is 11.7. The van der Waals surface area contributed by atoms with Crippen LogP contribution in [0.5, 0.6) is 0 Å². The number of rotatable bonds is 4. The van der Waals surface area contributed by atoms with Crippen LogP contribution in [-0.2, 0) is 4.79 Å². The normalized spacial score (nSPS) is 29.8. The average Bonchev–Trinajstić information content (AvgIpc) is 3.24. The molecular formula is C20H33N5O2SSi. The summed E-state index contributed by atoms with van der Waals surface area (Å²) < 4.78 is 0. The predicted octanol–water partition coefficient (Wildman–Crippen LogP) is 3.17. The van der Waals surface area contributed by atoms with E-state index >= 15 is 0 Å². The summed E-state index contributed by atoms with van der Waals surface area (Å²) >= 11 is 1.51. The second kappa shape index (κ2) is 7.07. The van der Waals surface area contributed by atoms with Crippen molar-refractivity contribution in [3.05, 3.63) is 17.5 Å². The second-order valence-electron chi connectivity index (χ2n) is 10.2. The molecule has 4 rings (SSSR count). The van der Waals surface area contributed by atoms with Gasteiger partial charge in [0, 0.05) is 17.5 Å². The minimum atomic E-state index is -1.62. The van der Waals surface area contributed by atoms with Gasteiger partial charge < -0.3 is 10.2 Å². The number of likely N-dealkylation sites (tertiary alicyclic amines) is 1. The summed E-state index contributed by atoms with van der Waals surface area (Å²) in [5.74, 6) is 0.323. The largest absolute Gasteiger partial charge is 0.339 e. The molecule has 0 spiro atoms. The van der Waals surface area contributed by atoms with Crippen LogP contribution in [0.25, 0.3) is 0 Å². The van der Waals surface area contributed by atoms with Gasteiger partial charge in [0.05, 0.1) is 30.8 Å². The van der Waals surface area contributed by atoms with Gasteiger partial charge in [0.2, 0.25) is 5.91 Å². The summed E-state index contributed by atoms with van der Waals surface area (Å²) in [4.78, 5) is 28.1. The zero-order valence-electron chi connectivity index (χ0n) is 18.0. The monoisotopic (exact) mass is 435 g/mol. The fourth-order valence-corrected chi connectivity index (χ4v) is 8.46. The van der Waals surface area contributed by atoms with Gasteiger partial charge in [-0.25, -0.2) is 10.2 Å². The van der Waals surface area contributed by atoms with Gasteiger partial charge in [0.15, 0.2) is 0 Å². The lowest BCUT2D eigenvalue weighted by Gasteiger charge is -2.49. The number of thiophene rings is 1. The van der Waals surface area contributed by atoms with Crippen LogP contribution in [0.15, 0.2) is 17.5 Å². The first kappa shape index (κ1) is 20.8. The fourth-order valence-electron chi connectivity index (χ4n) is 5.25. The first-order chi connectivity index (χ1) is 13.6. The minimum Gasteiger partial charge on any atom is -0.339 e. The molecule has 29 heavy (non-hydrogen) atoms. The third-order valence-corrected chi connectivity index (χ3v) is 11.8. The van der Waals surface area contributed by atoms with E-state index in [4.69, 9.17) is 0 Å². The van der Waals surface area contributed by atoms with Crippen molar-refractivity contribution >= 4 is 36.4 Å². The number of nitrogens with one attached hydrogen (secondary N) is 4. The first-order valence-corrected chi connectivity index (χ1v) is 14.9. The molecule has 2 saturated heterocycles. The van der Waals surface area contributed by atoms with Gasteiger partial charge in [-0.1, -0.05) is 26.1 Å². The molecule has 3 heterocycles. The Labute approximate surface area is 178 Å². The molecule has 1 aromatic heterocycles. The SMILES string of the molecule is CC1(C)C2NNC(NC(=O)C3([Si](C)(C)C)CCC3)C2CN1C(=O)Nc1cccs1. The molecule has 3 fully saturated rings. The van der Waals surface area contributed by atoms with Crippen LogP contribution in [0.2, 0.25) is 24.7 Å². The molecule has 4 N–H and O–H groups in total. The highest BCUT2D eigenvalue weighted by atomic mass is 32.1. The fraction of sp³-hybridized carbons (Fsp3) is 0.700. The molecule has 2 aliphatic heterocycles. The Bertz CT molecular complexity index is 787. The van der Waals surface area contributed by atoms with Gasteiger partial charge in [-0.2, -0.15) is 0 Å². The van der Waals surface area contributed by atoms with E-state index in [1.807, 2.05) is 22.4 Å². The average molecular weight is 436 g/mol. The molecule has 3 atom stereocenters. The van der Waals surface area contributed by atoms with Gasteiger partial charge >= 0.3 is 6.03 Å². The number of carbonyl (C=O) groups excluding carboxylic acids is 2. The third kappa shape index (κ3) is 3.32. The van der Waals surface area contributed by atoms with E-state index in [-0.39, 0.29) is 40.6 Å². The van der Waals surface area contributed by atoms with Crippen molar-refractivity contribution < 1.29 is 9.59 Å². The summed E-state index contributed by atoms with van der Waals surface area (Å²) in [7, 11) is -1.62. The lowest BCUT2D eigenvalue weighted by Crippen LogP contribution is -2.59. The molecule has 9 heteroatoms. The molecule has 3 unspecified atom stereocenters. The van der Waals surface area contributed by atoms with Crippen molar-refractivity contribution in [3.63, 3.8) is 0 Å². The third-order valence-electron chi connectivity index (χ3n) is 7.46. The second-order valence-corrected chi connectivity index (χ2v) is 16.6. The minimum absolute atomic E-state index is 0.0751. The quantitative estimate of drug-likeness (QED) is 0.547. The number of hydrogen-bond acceptors (Lipinski definition) is 5. The van der Waals surface area contributed by atoms with Crippen LogP contribution in [0, 0.1) is 5.92 Å². The summed E-state index contributed by atoms with van der Waals surface area (Å²) in [6.07, 6.45) is 2.98. The Morgan fingerprint density at radius 1 is 1.24 bits per heavy atom. The highest BCUT2D eigenvalue weighted by Crippen LogP contribution is 2.55. The lowest BCUT2D eigenvalue weighted by atomic mass is 9.82. The van der Waals surface area contributed by atoms with Gasteiger partial charge in [0.1, 0.15) is 0 Å². The number of fused-ring (bicyclic) bond motifs is 1. The molecule has 7 nitrogen and oxygen atoms in total. The molecule has 0 aromatic carbocycles. The van der Waals surface area contributed by atoms with Crippen LogP contribution in [0.3, 0.4) is 0 Å². The Morgan fingerprint density at radius 2 is 1.97 bits per heavy atom. The topological polar surface area (TPSA) is 85.5 Å². The number of nitrogens with zero attached hydrogens (tertiary/aromatic N) is 1. The number of hydrogen-bond donors (Lipinski definition) is 4. The van der Waals surface area contributed by atoms with E-state index in [0.717, 1.165) is 24.3 Å². The smallest absolute Gasteiger partial charge is 0.322 e. The van der Waals surface area contributed by atoms with Gasteiger partial charge in [0.25, 0.3) is 0 Å². The van der Waals surface area contributed by atoms with Crippen molar-refractivity contribution in [1.29, 1.82) is 0 Å². The van der Waals surface area contributed by atoms with Crippen LogP contribution in [0.4, 0.5) is 9.80 Å². The maximum Gasteiger partial charge on any atom is 0.322 e. The maximum atomic E-state index is 13.3. The highest BCUT2D eigenvalue weighted by Gasteiger charge is 2.58. The number of urea groups is 1. The molecule has 0 radical (unpaired) electrons.